The van der Waals surface area contributed by atoms with Crippen molar-refractivity contribution in [1.82, 2.24) is 4.90 Å². The normalized spacial score (nSPS) is 22.3. The molecule has 3 rings (SSSR count). The maximum atomic E-state index is 13.4. The minimum Gasteiger partial charge on any atom is -0.477 e. The molecule has 2 heterocycles. The Bertz CT molecular complexity index is 748. The van der Waals surface area contributed by atoms with Crippen LogP contribution in [0.2, 0.25) is 0 Å². The minimum atomic E-state index is -1.06. The summed E-state index contributed by atoms with van der Waals surface area (Å²) in [6.07, 6.45) is 4.23. The maximum absolute atomic E-state index is 13.4. The number of aryl methyl sites for hydroxylation is 1. The second-order valence-corrected chi connectivity index (χ2v) is 9.10. The number of aromatic carboxylic acids is 1. The van der Waals surface area contributed by atoms with Crippen LogP contribution in [0.4, 0.5) is 5.69 Å². The highest BCUT2D eigenvalue weighted by molar-refractivity contribution is 7.14. The molecule has 7 nitrogen and oxygen atoms in total. The van der Waals surface area contributed by atoms with E-state index >= 15 is 0 Å². The summed E-state index contributed by atoms with van der Waals surface area (Å²) >= 11 is 1.18. The summed E-state index contributed by atoms with van der Waals surface area (Å²) in [5.41, 5.74) is 0.365. The van der Waals surface area contributed by atoms with Gasteiger partial charge in [0.15, 0.2) is 0 Å². The molecule has 2 amide bonds. The number of amides is 2. The second kappa shape index (κ2) is 9.71. The van der Waals surface area contributed by atoms with Crippen LogP contribution in [-0.2, 0) is 20.7 Å². The molecule has 0 bridgehead atoms. The van der Waals surface area contributed by atoms with Crippen molar-refractivity contribution in [2.24, 2.45) is 11.8 Å². The van der Waals surface area contributed by atoms with Crippen LogP contribution in [0.3, 0.4) is 0 Å². The lowest BCUT2D eigenvalue weighted by atomic mass is 9.82. The van der Waals surface area contributed by atoms with Crippen molar-refractivity contribution in [3.05, 3.63) is 15.8 Å². The van der Waals surface area contributed by atoms with E-state index in [0.717, 1.165) is 30.6 Å². The van der Waals surface area contributed by atoms with E-state index in [0.29, 0.717) is 44.3 Å². The number of hydrogen-bond donors (Lipinski definition) is 1. The molecule has 2 aliphatic rings. The van der Waals surface area contributed by atoms with Crippen LogP contribution in [0.1, 0.15) is 54.1 Å². The average Bonchev–Trinajstić information content (AvgIpc) is 3.17. The number of carboxylic acids is 1. The minimum absolute atomic E-state index is 0.120. The van der Waals surface area contributed by atoms with Crippen LogP contribution in [0.25, 0.3) is 0 Å². The van der Waals surface area contributed by atoms with Crippen molar-refractivity contribution in [3.8, 4) is 0 Å². The second-order valence-electron chi connectivity index (χ2n) is 7.96. The van der Waals surface area contributed by atoms with E-state index < -0.39 is 5.97 Å². The molecule has 1 aliphatic heterocycles. The summed E-state index contributed by atoms with van der Waals surface area (Å²) in [6.45, 7) is 5.99. The number of carbonyl (C=O) groups is 3. The summed E-state index contributed by atoms with van der Waals surface area (Å²) in [5, 5.41) is 9.69. The monoisotopic (exact) mass is 422 g/mol. The van der Waals surface area contributed by atoms with E-state index in [1.54, 1.807) is 11.0 Å². The van der Waals surface area contributed by atoms with Gasteiger partial charge in [-0.3, -0.25) is 9.59 Å². The lowest BCUT2D eigenvalue weighted by Gasteiger charge is -2.33. The third kappa shape index (κ3) is 5.17. The summed E-state index contributed by atoms with van der Waals surface area (Å²) in [5.74, 6) is -0.897. The Morgan fingerprint density at radius 3 is 2.45 bits per heavy atom. The molecular formula is C21H30N2O5S. The van der Waals surface area contributed by atoms with Gasteiger partial charge in [-0.15, -0.1) is 11.3 Å². The molecule has 0 atom stereocenters. The quantitative estimate of drug-likeness (QED) is 0.761. The van der Waals surface area contributed by atoms with Gasteiger partial charge in [-0.1, -0.05) is 13.8 Å². The molecule has 0 unspecified atom stereocenters. The van der Waals surface area contributed by atoms with Gasteiger partial charge in [-0.05, 0) is 44.1 Å². The van der Waals surface area contributed by atoms with Crippen molar-refractivity contribution in [2.75, 3.05) is 37.7 Å². The van der Waals surface area contributed by atoms with Gasteiger partial charge >= 0.3 is 5.97 Å². The van der Waals surface area contributed by atoms with Crippen LogP contribution in [0.5, 0.6) is 0 Å². The zero-order valence-corrected chi connectivity index (χ0v) is 18.0. The zero-order chi connectivity index (χ0) is 21.0. The third-order valence-electron chi connectivity index (χ3n) is 5.89. The number of carboxylic acid groups (broad SMARTS) is 1. The van der Waals surface area contributed by atoms with Gasteiger partial charge in [0.2, 0.25) is 11.8 Å². The number of anilines is 1. The number of carbonyl (C=O) groups excluding carboxylic acids is 2. The largest absolute Gasteiger partial charge is 0.477 e. The lowest BCUT2D eigenvalue weighted by Crippen LogP contribution is -2.48. The average molecular weight is 423 g/mol. The zero-order valence-electron chi connectivity index (χ0n) is 17.2. The standard InChI is InChI=1S/C21H30N2O5S/c1-3-16-12-17(19(29-16)21(26)27)23(13-18(24)22-8-10-28-11-9-22)20(25)15-6-4-14(2)5-7-15/h12,14-15H,3-11,13H2,1-2H3,(H,26,27)/t14-,15-. The molecule has 2 fully saturated rings. The van der Waals surface area contributed by atoms with E-state index in [9.17, 15) is 19.5 Å². The molecule has 1 aromatic heterocycles. The number of nitrogens with zero attached hydrogens (tertiary/aromatic N) is 2. The first kappa shape index (κ1) is 21.8. The Hall–Kier alpha value is -1.93. The van der Waals surface area contributed by atoms with Gasteiger partial charge in [0.25, 0.3) is 0 Å². The lowest BCUT2D eigenvalue weighted by molar-refractivity contribution is -0.135. The van der Waals surface area contributed by atoms with Crippen LogP contribution < -0.4 is 4.90 Å². The molecule has 0 spiro atoms. The van der Waals surface area contributed by atoms with E-state index in [4.69, 9.17) is 4.74 Å². The molecular weight excluding hydrogens is 392 g/mol. The first-order valence-corrected chi connectivity index (χ1v) is 11.2. The SMILES string of the molecule is CCc1cc(N(CC(=O)N2CCOCC2)C(=O)[C@H]2CC[C@H](C)CC2)c(C(=O)O)s1. The highest BCUT2D eigenvalue weighted by Gasteiger charge is 2.34. The summed E-state index contributed by atoms with van der Waals surface area (Å²) < 4.78 is 5.31. The third-order valence-corrected chi connectivity index (χ3v) is 7.14. The number of morpholine rings is 1. The fraction of sp³-hybridized carbons (Fsp3) is 0.667. The van der Waals surface area contributed by atoms with E-state index in [1.165, 1.54) is 16.2 Å². The maximum Gasteiger partial charge on any atom is 0.348 e. The van der Waals surface area contributed by atoms with Crippen molar-refractivity contribution in [1.29, 1.82) is 0 Å². The van der Waals surface area contributed by atoms with Gasteiger partial charge in [0, 0.05) is 23.9 Å². The van der Waals surface area contributed by atoms with Crippen LogP contribution >= 0.6 is 11.3 Å². The van der Waals surface area contributed by atoms with Gasteiger partial charge in [-0.2, -0.15) is 0 Å². The fourth-order valence-electron chi connectivity index (χ4n) is 4.02. The van der Waals surface area contributed by atoms with Crippen molar-refractivity contribution in [2.45, 2.75) is 46.0 Å². The van der Waals surface area contributed by atoms with E-state index in [1.807, 2.05) is 6.92 Å². The van der Waals surface area contributed by atoms with Gasteiger partial charge in [-0.25, -0.2) is 4.79 Å². The Kier molecular flexibility index (Phi) is 7.29. The summed E-state index contributed by atoms with van der Waals surface area (Å²) in [7, 11) is 0. The number of ether oxygens (including phenoxy) is 1. The molecule has 0 aromatic carbocycles. The Balaban J connectivity index is 1.88. The first-order valence-electron chi connectivity index (χ1n) is 10.4. The topological polar surface area (TPSA) is 87.2 Å². The summed E-state index contributed by atoms with van der Waals surface area (Å²) in [4.78, 5) is 42.4. The molecule has 8 heteroatoms. The molecule has 1 aliphatic carbocycles. The van der Waals surface area contributed by atoms with Crippen LogP contribution in [-0.4, -0.2) is 60.6 Å². The molecule has 1 saturated carbocycles. The van der Waals surface area contributed by atoms with Crippen molar-refractivity contribution in [3.63, 3.8) is 0 Å². The van der Waals surface area contributed by atoms with Crippen molar-refractivity contribution < 1.29 is 24.2 Å². The van der Waals surface area contributed by atoms with E-state index in [-0.39, 0.29) is 29.2 Å². The number of thiophene rings is 1. The molecule has 0 radical (unpaired) electrons. The van der Waals surface area contributed by atoms with Crippen molar-refractivity contribution >= 4 is 34.8 Å². The predicted octanol–water partition coefficient (Wildman–Crippen LogP) is 3.03. The number of hydrogen-bond acceptors (Lipinski definition) is 5. The molecule has 1 saturated heterocycles. The van der Waals surface area contributed by atoms with E-state index in [2.05, 4.69) is 6.92 Å². The molecule has 29 heavy (non-hydrogen) atoms. The Morgan fingerprint density at radius 2 is 1.86 bits per heavy atom. The highest BCUT2D eigenvalue weighted by atomic mass is 32.1. The Labute approximate surface area is 175 Å². The van der Waals surface area contributed by atoms with Gasteiger partial charge < -0.3 is 19.6 Å². The molecule has 160 valence electrons. The highest BCUT2D eigenvalue weighted by Crippen LogP contribution is 2.35. The van der Waals surface area contributed by atoms with Crippen LogP contribution in [0.15, 0.2) is 6.07 Å². The molecule has 1 N–H and O–H groups in total. The van der Waals surface area contributed by atoms with Crippen LogP contribution in [0, 0.1) is 11.8 Å². The smallest absolute Gasteiger partial charge is 0.348 e. The number of rotatable bonds is 6. The van der Waals surface area contributed by atoms with Gasteiger partial charge in [0.05, 0.1) is 18.9 Å². The fourth-order valence-corrected chi connectivity index (χ4v) is 4.95. The Morgan fingerprint density at radius 1 is 1.21 bits per heavy atom. The predicted molar refractivity (Wildman–Crippen MR) is 112 cm³/mol. The molecule has 1 aromatic rings. The van der Waals surface area contributed by atoms with Gasteiger partial charge in [0.1, 0.15) is 11.4 Å². The first-order chi connectivity index (χ1) is 13.9. The summed E-state index contributed by atoms with van der Waals surface area (Å²) in [6, 6.07) is 1.77.